The predicted octanol–water partition coefficient (Wildman–Crippen LogP) is 2.90. The van der Waals surface area contributed by atoms with Gasteiger partial charge in [0.2, 0.25) is 5.91 Å². The van der Waals surface area contributed by atoms with E-state index in [0.29, 0.717) is 17.7 Å². The van der Waals surface area contributed by atoms with Crippen LogP contribution in [0.4, 0.5) is 10.2 Å². The highest BCUT2D eigenvalue weighted by Gasteiger charge is 2.27. The van der Waals surface area contributed by atoms with Crippen LogP contribution >= 0.6 is 0 Å². The van der Waals surface area contributed by atoms with Crippen molar-refractivity contribution in [3.05, 3.63) is 30.3 Å². The molecule has 1 fully saturated rings. The van der Waals surface area contributed by atoms with Gasteiger partial charge < -0.3 is 10.2 Å². The summed E-state index contributed by atoms with van der Waals surface area (Å²) >= 11 is 0. The highest BCUT2D eigenvalue weighted by atomic mass is 19.1. The Morgan fingerprint density at radius 1 is 1.42 bits per heavy atom. The number of hydrogen-bond donors (Lipinski definition) is 1. The van der Waals surface area contributed by atoms with E-state index in [0.717, 1.165) is 44.3 Å². The number of fused-ring (bicyclic) bond motifs is 1. The van der Waals surface area contributed by atoms with E-state index in [-0.39, 0.29) is 17.6 Å². The molecule has 1 saturated heterocycles. The van der Waals surface area contributed by atoms with Gasteiger partial charge in [0.15, 0.2) is 0 Å². The van der Waals surface area contributed by atoms with Crippen LogP contribution in [0, 0.1) is 11.7 Å². The van der Waals surface area contributed by atoms with Crippen LogP contribution in [-0.2, 0) is 4.79 Å². The van der Waals surface area contributed by atoms with Gasteiger partial charge >= 0.3 is 0 Å². The molecular formula is C18H23FN4O. The van der Waals surface area contributed by atoms with Crippen molar-refractivity contribution in [2.45, 2.75) is 32.6 Å². The number of anilines is 1. The fraction of sp³-hybridized carbons (Fsp3) is 0.500. The molecule has 0 bridgehead atoms. The second-order valence-corrected chi connectivity index (χ2v) is 6.29. The number of unbranched alkanes of at least 4 members (excludes halogenated alkanes) is 1. The lowest BCUT2D eigenvalue weighted by molar-refractivity contribution is -0.125. The van der Waals surface area contributed by atoms with Gasteiger partial charge in [0.1, 0.15) is 18.0 Å². The minimum absolute atomic E-state index is 0.0471. The molecule has 1 aromatic carbocycles. The first-order valence-electron chi connectivity index (χ1n) is 8.62. The number of rotatable bonds is 5. The number of halogens is 1. The van der Waals surface area contributed by atoms with Gasteiger partial charge in [-0.25, -0.2) is 14.4 Å². The molecule has 1 atom stereocenters. The predicted molar refractivity (Wildman–Crippen MR) is 92.4 cm³/mol. The second-order valence-electron chi connectivity index (χ2n) is 6.29. The molecule has 0 aliphatic carbocycles. The van der Waals surface area contributed by atoms with Crippen molar-refractivity contribution < 1.29 is 9.18 Å². The topological polar surface area (TPSA) is 58.1 Å². The van der Waals surface area contributed by atoms with Crippen molar-refractivity contribution in [1.82, 2.24) is 15.3 Å². The van der Waals surface area contributed by atoms with E-state index in [2.05, 4.69) is 27.1 Å². The third-order valence-corrected chi connectivity index (χ3v) is 4.50. The summed E-state index contributed by atoms with van der Waals surface area (Å²) in [7, 11) is 0. The monoisotopic (exact) mass is 330 g/mol. The van der Waals surface area contributed by atoms with Crippen molar-refractivity contribution in [3.8, 4) is 0 Å². The van der Waals surface area contributed by atoms with E-state index in [1.165, 1.54) is 18.5 Å². The highest BCUT2D eigenvalue weighted by Crippen LogP contribution is 2.28. The molecule has 1 aromatic heterocycles. The average Bonchev–Trinajstić information content (AvgIpc) is 2.61. The Morgan fingerprint density at radius 3 is 3.12 bits per heavy atom. The maximum absolute atomic E-state index is 13.6. The number of nitrogens with one attached hydrogen (secondary N) is 1. The Kier molecular flexibility index (Phi) is 5.23. The van der Waals surface area contributed by atoms with Gasteiger partial charge in [-0.3, -0.25) is 4.79 Å². The van der Waals surface area contributed by atoms with E-state index >= 15 is 0 Å². The number of hydrogen-bond acceptors (Lipinski definition) is 4. The van der Waals surface area contributed by atoms with E-state index in [9.17, 15) is 9.18 Å². The summed E-state index contributed by atoms with van der Waals surface area (Å²) in [6.07, 6.45) is 5.37. The first-order valence-corrected chi connectivity index (χ1v) is 8.62. The van der Waals surface area contributed by atoms with Crippen LogP contribution in [0.3, 0.4) is 0 Å². The fourth-order valence-electron chi connectivity index (χ4n) is 3.18. The van der Waals surface area contributed by atoms with E-state index < -0.39 is 0 Å². The zero-order valence-electron chi connectivity index (χ0n) is 14.0. The van der Waals surface area contributed by atoms with Crippen LogP contribution in [0.15, 0.2) is 24.5 Å². The van der Waals surface area contributed by atoms with Crippen LogP contribution in [0.5, 0.6) is 0 Å². The largest absolute Gasteiger partial charge is 0.356 e. The molecule has 1 aliphatic rings. The molecule has 2 heterocycles. The first-order chi connectivity index (χ1) is 11.7. The average molecular weight is 330 g/mol. The third-order valence-electron chi connectivity index (χ3n) is 4.50. The Labute approximate surface area is 141 Å². The molecule has 0 saturated carbocycles. The standard InChI is InChI=1S/C18H23FN4O/c1-2-3-8-20-18(24)13-5-4-9-23(11-13)17-15-10-14(19)6-7-16(15)21-12-22-17/h6-7,10,12-13H,2-5,8-9,11H2,1H3,(H,20,24). The van der Waals surface area contributed by atoms with Crippen LogP contribution in [-0.4, -0.2) is 35.5 Å². The van der Waals surface area contributed by atoms with Gasteiger partial charge in [0.05, 0.1) is 11.4 Å². The maximum atomic E-state index is 13.6. The molecule has 128 valence electrons. The normalized spacial score (nSPS) is 17.9. The zero-order chi connectivity index (χ0) is 16.9. The number of carbonyl (C=O) groups is 1. The summed E-state index contributed by atoms with van der Waals surface area (Å²) in [6.45, 7) is 4.27. The molecule has 1 aliphatic heterocycles. The number of piperidine rings is 1. The van der Waals surface area contributed by atoms with Crippen LogP contribution in [0.1, 0.15) is 32.6 Å². The van der Waals surface area contributed by atoms with Crippen LogP contribution < -0.4 is 10.2 Å². The first kappa shape index (κ1) is 16.6. The molecule has 1 amide bonds. The Morgan fingerprint density at radius 2 is 2.29 bits per heavy atom. The van der Waals surface area contributed by atoms with Crippen molar-refractivity contribution in [2.24, 2.45) is 5.92 Å². The molecule has 1 unspecified atom stereocenters. The van der Waals surface area contributed by atoms with Crippen molar-refractivity contribution in [2.75, 3.05) is 24.5 Å². The molecular weight excluding hydrogens is 307 g/mol. The van der Waals surface area contributed by atoms with Gasteiger partial charge in [0.25, 0.3) is 0 Å². The summed E-state index contributed by atoms with van der Waals surface area (Å²) in [6, 6.07) is 4.53. The third kappa shape index (κ3) is 3.63. The van der Waals surface area contributed by atoms with Gasteiger partial charge in [-0.2, -0.15) is 0 Å². The molecule has 2 aromatic rings. The quantitative estimate of drug-likeness (QED) is 0.857. The number of amides is 1. The van der Waals surface area contributed by atoms with E-state index in [1.54, 1.807) is 6.07 Å². The van der Waals surface area contributed by atoms with Crippen molar-refractivity contribution >= 4 is 22.6 Å². The second kappa shape index (κ2) is 7.55. The number of benzene rings is 1. The van der Waals surface area contributed by atoms with Gasteiger partial charge in [0, 0.05) is 25.0 Å². The fourth-order valence-corrected chi connectivity index (χ4v) is 3.18. The lowest BCUT2D eigenvalue weighted by Gasteiger charge is -2.33. The molecule has 5 nitrogen and oxygen atoms in total. The minimum Gasteiger partial charge on any atom is -0.356 e. The van der Waals surface area contributed by atoms with E-state index in [4.69, 9.17) is 0 Å². The van der Waals surface area contributed by atoms with Gasteiger partial charge in [-0.1, -0.05) is 13.3 Å². The zero-order valence-corrected chi connectivity index (χ0v) is 14.0. The summed E-state index contributed by atoms with van der Waals surface area (Å²) in [5.74, 6) is 0.474. The number of aromatic nitrogens is 2. The van der Waals surface area contributed by atoms with Crippen LogP contribution in [0.2, 0.25) is 0 Å². The summed E-state index contributed by atoms with van der Waals surface area (Å²) in [5.41, 5.74) is 0.718. The Hall–Kier alpha value is -2.24. The lowest BCUT2D eigenvalue weighted by Crippen LogP contribution is -2.43. The van der Waals surface area contributed by atoms with Gasteiger partial charge in [-0.15, -0.1) is 0 Å². The van der Waals surface area contributed by atoms with Crippen molar-refractivity contribution in [3.63, 3.8) is 0 Å². The lowest BCUT2D eigenvalue weighted by atomic mass is 9.96. The minimum atomic E-state index is -0.301. The number of carbonyl (C=O) groups excluding carboxylic acids is 1. The summed E-state index contributed by atoms with van der Waals surface area (Å²) in [5, 5.41) is 3.71. The SMILES string of the molecule is CCCCNC(=O)C1CCCN(c2ncnc3ccc(F)cc23)C1. The summed E-state index contributed by atoms with van der Waals surface area (Å²) < 4.78 is 13.6. The Balaban J connectivity index is 1.77. The molecule has 3 rings (SSSR count). The van der Waals surface area contributed by atoms with Crippen LogP contribution in [0.25, 0.3) is 10.9 Å². The van der Waals surface area contributed by atoms with E-state index in [1.807, 2.05) is 0 Å². The molecule has 1 N–H and O–H groups in total. The smallest absolute Gasteiger partial charge is 0.224 e. The Bertz CT molecular complexity index is 721. The molecule has 0 spiro atoms. The highest BCUT2D eigenvalue weighted by molar-refractivity contribution is 5.89. The number of nitrogens with zero attached hydrogens (tertiary/aromatic N) is 3. The van der Waals surface area contributed by atoms with Crippen molar-refractivity contribution in [1.29, 1.82) is 0 Å². The van der Waals surface area contributed by atoms with Gasteiger partial charge in [-0.05, 0) is 37.5 Å². The maximum Gasteiger partial charge on any atom is 0.224 e. The summed E-state index contributed by atoms with van der Waals surface area (Å²) in [4.78, 5) is 23.0. The molecule has 0 radical (unpaired) electrons. The molecule has 6 heteroatoms. The molecule has 24 heavy (non-hydrogen) atoms.